The SMILES string of the molecule is Cc1nc(N)c(Cn2cc(CNc3ccc(C(=O)CC(CCC(=O)O)C(=O)O)cc3)nn2)c[n+]1OC(=O)C(F)(F)F. The number of carboxylic acid groups (broad SMARTS) is 2. The highest BCUT2D eigenvalue weighted by Gasteiger charge is 2.44. The molecule has 0 amide bonds. The molecular formula is C24H25F3N7O7+. The number of aromatic nitrogens is 5. The number of halogens is 3. The van der Waals surface area contributed by atoms with Gasteiger partial charge in [0.25, 0.3) is 0 Å². The molecule has 0 saturated heterocycles. The lowest BCUT2D eigenvalue weighted by molar-refractivity contribution is -0.877. The summed E-state index contributed by atoms with van der Waals surface area (Å²) in [5, 5.41) is 29.0. The van der Waals surface area contributed by atoms with Crippen molar-refractivity contribution in [2.24, 2.45) is 5.92 Å². The number of Topliss-reactive ketones (excluding diaryl/α,β-unsaturated/α-hetero) is 1. The van der Waals surface area contributed by atoms with Crippen LogP contribution in [0.1, 0.15) is 46.7 Å². The Hall–Kier alpha value is -5.09. The normalized spacial score (nSPS) is 12.0. The van der Waals surface area contributed by atoms with E-state index >= 15 is 0 Å². The fourth-order valence-corrected chi connectivity index (χ4v) is 3.54. The van der Waals surface area contributed by atoms with Gasteiger partial charge in [-0.1, -0.05) is 5.21 Å². The van der Waals surface area contributed by atoms with E-state index in [1.54, 1.807) is 18.3 Å². The van der Waals surface area contributed by atoms with E-state index in [2.05, 4.69) is 25.5 Å². The summed E-state index contributed by atoms with van der Waals surface area (Å²) in [4.78, 5) is 53.9. The molecular weight excluding hydrogens is 555 g/mol. The van der Waals surface area contributed by atoms with E-state index in [0.29, 0.717) is 16.1 Å². The Morgan fingerprint density at radius 1 is 1.17 bits per heavy atom. The van der Waals surface area contributed by atoms with Gasteiger partial charge in [-0.05, 0) is 40.4 Å². The highest BCUT2D eigenvalue weighted by molar-refractivity contribution is 5.98. The highest BCUT2D eigenvalue weighted by Crippen LogP contribution is 2.18. The Morgan fingerprint density at radius 2 is 1.85 bits per heavy atom. The number of aliphatic carboxylic acids is 2. The van der Waals surface area contributed by atoms with Gasteiger partial charge in [0.05, 0.1) is 30.8 Å². The molecule has 0 radical (unpaired) electrons. The van der Waals surface area contributed by atoms with Crippen LogP contribution in [-0.4, -0.2) is 60.1 Å². The molecule has 0 aliphatic rings. The Bertz CT molecular complexity index is 1440. The maximum absolute atomic E-state index is 12.6. The van der Waals surface area contributed by atoms with E-state index in [4.69, 9.17) is 10.8 Å². The maximum atomic E-state index is 12.6. The number of ketones is 1. The van der Waals surface area contributed by atoms with Crippen molar-refractivity contribution < 1.29 is 52.1 Å². The standard InChI is InChI=1S/C24H24F3N7O7/c1-13-30-21(28)16(11-34(13)41-23(40)24(25,26)27)10-33-12-18(31-32-33)9-29-17-5-2-14(3-6-17)19(35)8-15(22(38)39)4-7-20(36)37/h2-3,5-6,11-12,15,28H,4,7-10H2,1H3,(H3,29,35,36,37,38,39)/p+1. The minimum absolute atomic E-state index is 0.0109. The van der Waals surface area contributed by atoms with Crippen molar-refractivity contribution in [1.29, 1.82) is 0 Å². The Kier molecular flexibility index (Phi) is 9.54. The molecule has 218 valence electrons. The molecule has 0 aliphatic heterocycles. The molecule has 0 fully saturated rings. The van der Waals surface area contributed by atoms with Gasteiger partial charge in [-0.2, -0.15) is 13.2 Å². The second-order valence-electron chi connectivity index (χ2n) is 8.83. The number of carbonyl (C=O) groups is 4. The summed E-state index contributed by atoms with van der Waals surface area (Å²) in [6.45, 7) is 1.46. The zero-order valence-electron chi connectivity index (χ0n) is 21.5. The molecule has 1 atom stereocenters. The molecule has 0 bridgehead atoms. The molecule has 17 heteroatoms. The summed E-state index contributed by atoms with van der Waals surface area (Å²) in [6, 6.07) is 6.21. The van der Waals surface area contributed by atoms with Crippen LogP contribution in [0.4, 0.5) is 24.7 Å². The molecule has 41 heavy (non-hydrogen) atoms. The van der Waals surface area contributed by atoms with Crippen molar-refractivity contribution in [2.45, 2.75) is 45.5 Å². The quantitative estimate of drug-likeness (QED) is 0.166. The summed E-state index contributed by atoms with van der Waals surface area (Å²) in [6.07, 6.45) is -3.41. The lowest BCUT2D eigenvalue weighted by Crippen LogP contribution is -2.53. The van der Waals surface area contributed by atoms with Gasteiger partial charge in [0.1, 0.15) is 11.9 Å². The third-order valence-corrected chi connectivity index (χ3v) is 5.70. The summed E-state index contributed by atoms with van der Waals surface area (Å²) in [7, 11) is 0. The number of rotatable bonds is 13. The van der Waals surface area contributed by atoms with Gasteiger partial charge in [0, 0.05) is 31.0 Å². The molecule has 3 rings (SSSR count). The molecule has 0 aliphatic carbocycles. The number of anilines is 2. The first-order valence-corrected chi connectivity index (χ1v) is 11.9. The topological polar surface area (TPSA) is 203 Å². The summed E-state index contributed by atoms with van der Waals surface area (Å²) in [5.74, 6) is -6.44. The molecule has 1 aromatic carbocycles. The number of carboxylic acids is 2. The summed E-state index contributed by atoms with van der Waals surface area (Å²) >= 11 is 0. The number of benzene rings is 1. The third-order valence-electron chi connectivity index (χ3n) is 5.70. The number of nitrogens with zero attached hydrogens (tertiary/aromatic N) is 5. The van der Waals surface area contributed by atoms with Crippen LogP contribution in [0.2, 0.25) is 0 Å². The first-order chi connectivity index (χ1) is 19.2. The minimum atomic E-state index is -5.20. The molecule has 0 saturated carbocycles. The van der Waals surface area contributed by atoms with Crippen LogP contribution in [-0.2, 0) is 27.5 Å². The van der Waals surface area contributed by atoms with E-state index in [1.165, 1.54) is 23.7 Å². The Morgan fingerprint density at radius 3 is 2.46 bits per heavy atom. The number of nitrogens with one attached hydrogen (secondary N) is 1. The second kappa shape index (κ2) is 12.8. The smallest absolute Gasteiger partial charge is 0.481 e. The number of nitrogen functional groups attached to an aromatic ring is 1. The van der Waals surface area contributed by atoms with Crippen molar-refractivity contribution in [1.82, 2.24) is 20.0 Å². The van der Waals surface area contributed by atoms with Gasteiger partial charge in [0.15, 0.2) is 5.78 Å². The number of nitrogens with two attached hydrogens (primary N) is 1. The highest BCUT2D eigenvalue weighted by atomic mass is 19.4. The molecule has 0 spiro atoms. The van der Waals surface area contributed by atoms with Crippen LogP contribution in [0.15, 0.2) is 36.7 Å². The molecule has 2 heterocycles. The van der Waals surface area contributed by atoms with E-state index in [0.717, 1.165) is 6.20 Å². The Labute approximate surface area is 229 Å². The van der Waals surface area contributed by atoms with Crippen LogP contribution in [0.3, 0.4) is 0 Å². The van der Waals surface area contributed by atoms with Crippen molar-refractivity contribution in [3.63, 3.8) is 0 Å². The van der Waals surface area contributed by atoms with Gasteiger partial charge in [-0.15, -0.1) is 5.10 Å². The predicted molar refractivity (Wildman–Crippen MR) is 131 cm³/mol. The van der Waals surface area contributed by atoms with Gasteiger partial charge in [-0.25, -0.2) is 14.3 Å². The first kappa shape index (κ1) is 30.5. The van der Waals surface area contributed by atoms with Crippen LogP contribution >= 0.6 is 0 Å². The van der Waals surface area contributed by atoms with Crippen LogP contribution in [0, 0.1) is 12.8 Å². The zero-order chi connectivity index (χ0) is 30.3. The molecule has 5 N–H and O–H groups in total. The van der Waals surface area contributed by atoms with Gasteiger partial charge in [-0.3, -0.25) is 14.4 Å². The molecule has 1 unspecified atom stereocenters. The van der Waals surface area contributed by atoms with E-state index < -0.39 is 35.8 Å². The third kappa shape index (κ3) is 8.70. The second-order valence-corrected chi connectivity index (χ2v) is 8.83. The number of alkyl halides is 3. The zero-order valence-corrected chi connectivity index (χ0v) is 21.5. The van der Waals surface area contributed by atoms with Crippen molar-refractivity contribution in [3.05, 3.63) is 59.3 Å². The maximum Gasteiger partial charge on any atom is 0.495 e. The lowest BCUT2D eigenvalue weighted by Gasteiger charge is -2.11. The Balaban J connectivity index is 1.58. The van der Waals surface area contributed by atoms with Crippen LogP contribution in [0.25, 0.3) is 0 Å². The number of hydrogen-bond acceptors (Lipinski definition) is 10. The monoisotopic (exact) mass is 580 g/mol. The summed E-state index contributed by atoms with van der Waals surface area (Å²) < 4.78 is 39.6. The van der Waals surface area contributed by atoms with Gasteiger partial charge >= 0.3 is 29.9 Å². The van der Waals surface area contributed by atoms with E-state index in [9.17, 15) is 37.5 Å². The molecule has 14 nitrogen and oxygen atoms in total. The first-order valence-electron chi connectivity index (χ1n) is 11.9. The van der Waals surface area contributed by atoms with Crippen molar-refractivity contribution in [2.75, 3.05) is 11.1 Å². The van der Waals surface area contributed by atoms with Gasteiger partial charge in [0.2, 0.25) is 5.82 Å². The number of hydrogen-bond donors (Lipinski definition) is 4. The minimum Gasteiger partial charge on any atom is -0.481 e. The molecule has 2 aromatic heterocycles. The number of aryl methyl sites for hydroxylation is 1. The fourth-order valence-electron chi connectivity index (χ4n) is 3.54. The lowest BCUT2D eigenvalue weighted by atomic mass is 9.94. The van der Waals surface area contributed by atoms with E-state index in [-0.39, 0.29) is 55.1 Å². The van der Waals surface area contributed by atoms with Crippen molar-refractivity contribution >= 4 is 35.2 Å². The molecule has 3 aromatic rings. The summed E-state index contributed by atoms with van der Waals surface area (Å²) in [5.41, 5.74) is 7.42. The largest absolute Gasteiger partial charge is 0.495 e. The average molecular weight is 581 g/mol. The fraction of sp³-hybridized carbons (Fsp3) is 0.333. The van der Waals surface area contributed by atoms with E-state index in [1.807, 2.05) is 0 Å². The van der Waals surface area contributed by atoms with Crippen molar-refractivity contribution in [3.8, 4) is 0 Å². The number of carbonyl (C=O) groups excluding carboxylic acids is 2. The van der Waals surface area contributed by atoms with Gasteiger partial charge < -0.3 is 21.3 Å². The van der Waals surface area contributed by atoms with Crippen LogP contribution < -0.4 is 20.6 Å². The van der Waals surface area contributed by atoms with Crippen LogP contribution in [0.5, 0.6) is 0 Å². The predicted octanol–water partition coefficient (Wildman–Crippen LogP) is 1.17. The average Bonchev–Trinajstić information content (AvgIpc) is 3.34.